The first kappa shape index (κ1) is 9.17. The normalized spacial score (nSPS) is 14.6. The van der Waals surface area contributed by atoms with E-state index in [-0.39, 0.29) is 11.9 Å². The number of carbonyl (C=O) groups is 1. The second kappa shape index (κ2) is 4.06. The van der Waals surface area contributed by atoms with Crippen molar-refractivity contribution in [1.82, 2.24) is 5.32 Å². The highest BCUT2D eigenvalue weighted by Gasteiger charge is 1.94. The van der Waals surface area contributed by atoms with Gasteiger partial charge in [-0.1, -0.05) is 0 Å². The lowest BCUT2D eigenvalue weighted by Crippen LogP contribution is -2.20. The lowest BCUT2D eigenvalue weighted by atomic mass is 10.2. The van der Waals surface area contributed by atoms with Crippen LogP contribution in [0.25, 0.3) is 0 Å². The zero-order chi connectivity index (χ0) is 8.15. The first-order valence-electron chi connectivity index (χ1n) is 3.23. The number of nitrogens with two attached hydrogens (primary N) is 1. The molecule has 0 heterocycles. The summed E-state index contributed by atoms with van der Waals surface area (Å²) in [6.45, 7) is 5.21. The molecule has 0 rings (SSSR count). The van der Waals surface area contributed by atoms with Crippen molar-refractivity contribution in [2.24, 2.45) is 5.73 Å². The van der Waals surface area contributed by atoms with Crippen LogP contribution in [0.1, 0.15) is 20.8 Å². The fourth-order valence-corrected chi connectivity index (χ4v) is 0.347. The summed E-state index contributed by atoms with van der Waals surface area (Å²) in [5, 5.41) is 2.55. The van der Waals surface area contributed by atoms with Crippen molar-refractivity contribution in [2.75, 3.05) is 0 Å². The van der Waals surface area contributed by atoms with Gasteiger partial charge in [-0.3, -0.25) is 4.79 Å². The van der Waals surface area contributed by atoms with Crippen LogP contribution in [-0.2, 0) is 4.79 Å². The van der Waals surface area contributed by atoms with E-state index in [1.165, 1.54) is 6.92 Å². The van der Waals surface area contributed by atoms with Gasteiger partial charge >= 0.3 is 0 Å². The first-order valence-corrected chi connectivity index (χ1v) is 3.23. The third-order valence-corrected chi connectivity index (χ3v) is 1.22. The number of hydrogen-bond acceptors (Lipinski definition) is 2. The summed E-state index contributed by atoms with van der Waals surface area (Å²) in [7, 11) is 0. The van der Waals surface area contributed by atoms with Crippen LogP contribution in [0.3, 0.4) is 0 Å². The summed E-state index contributed by atoms with van der Waals surface area (Å²) in [5.74, 6) is -0.0694. The van der Waals surface area contributed by atoms with Crippen LogP contribution in [0.2, 0.25) is 0 Å². The maximum atomic E-state index is 10.4. The predicted octanol–water partition coefficient (Wildman–Crippen LogP) is 0.374. The zero-order valence-electron chi connectivity index (χ0n) is 6.64. The number of carbonyl (C=O) groups excluding carboxylic acids is 1. The standard InChI is InChI=1S/C7H14N2O/c1-5(6(2)8)4-9-7(3)10/h4,6H,8H2,1-3H3,(H,9,10)/b5-4-. The van der Waals surface area contributed by atoms with Gasteiger partial charge in [-0.25, -0.2) is 0 Å². The quantitative estimate of drug-likeness (QED) is 0.585. The molecule has 0 spiro atoms. The monoisotopic (exact) mass is 142 g/mol. The molecule has 0 fully saturated rings. The highest BCUT2D eigenvalue weighted by molar-refractivity contribution is 5.73. The Kier molecular flexibility index (Phi) is 3.72. The molecule has 1 amide bonds. The van der Waals surface area contributed by atoms with Crippen molar-refractivity contribution in [2.45, 2.75) is 26.8 Å². The summed E-state index contributed by atoms with van der Waals surface area (Å²) in [4.78, 5) is 10.4. The fourth-order valence-electron chi connectivity index (χ4n) is 0.347. The molecule has 0 saturated heterocycles. The Balaban J connectivity index is 3.80. The van der Waals surface area contributed by atoms with Crippen LogP contribution in [0, 0.1) is 0 Å². The molecule has 0 aliphatic heterocycles. The van der Waals surface area contributed by atoms with Crippen molar-refractivity contribution in [1.29, 1.82) is 0 Å². The Morgan fingerprint density at radius 2 is 2.10 bits per heavy atom. The van der Waals surface area contributed by atoms with E-state index in [2.05, 4.69) is 5.32 Å². The average molecular weight is 142 g/mol. The minimum atomic E-state index is -0.0694. The van der Waals surface area contributed by atoms with Crippen LogP contribution < -0.4 is 11.1 Å². The number of hydrogen-bond donors (Lipinski definition) is 2. The highest BCUT2D eigenvalue weighted by atomic mass is 16.1. The predicted molar refractivity (Wildman–Crippen MR) is 41.2 cm³/mol. The van der Waals surface area contributed by atoms with E-state index >= 15 is 0 Å². The number of rotatable bonds is 2. The summed E-state index contributed by atoms with van der Waals surface area (Å²) in [5.41, 5.74) is 6.47. The second-order valence-corrected chi connectivity index (χ2v) is 2.38. The molecule has 0 saturated carbocycles. The molecule has 1 atom stereocenters. The van der Waals surface area contributed by atoms with E-state index in [0.29, 0.717) is 0 Å². The van der Waals surface area contributed by atoms with Crippen molar-refractivity contribution in [3.05, 3.63) is 11.8 Å². The third kappa shape index (κ3) is 4.09. The summed E-state index contributed by atoms with van der Waals surface area (Å²) in [6.07, 6.45) is 1.63. The molecule has 0 aromatic carbocycles. The number of amides is 1. The lowest BCUT2D eigenvalue weighted by Gasteiger charge is -2.04. The lowest BCUT2D eigenvalue weighted by molar-refractivity contribution is -0.118. The summed E-state index contributed by atoms with van der Waals surface area (Å²) < 4.78 is 0. The van der Waals surface area contributed by atoms with Crippen molar-refractivity contribution < 1.29 is 4.79 Å². The molecule has 0 bridgehead atoms. The smallest absolute Gasteiger partial charge is 0.220 e. The van der Waals surface area contributed by atoms with Gasteiger partial charge in [-0.15, -0.1) is 0 Å². The molecule has 0 aliphatic carbocycles. The second-order valence-electron chi connectivity index (χ2n) is 2.38. The average Bonchev–Trinajstić information content (AvgIpc) is 1.82. The van der Waals surface area contributed by atoms with Crippen LogP contribution in [-0.4, -0.2) is 11.9 Å². The van der Waals surface area contributed by atoms with Gasteiger partial charge < -0.3 is 11.1 Å². The van der Waals surface area contributed by atoms with Gasteiger partial charge in [0.05, 0.1) is 0 Å². The van der Waals surface area contributed by atoms with Crippen molar-refractivity contribution in [3.63, 3.8) is 0 Å². The Morgan fingerprint density at radius 1 is 1.60 bits per heavy atom. The molecule has 1 unspecified atom stereocenters. The molecular formula is C7H14N2O. The van der Waals surface area contributed by atoms with Gasteiger partial charge in [0.2, 0.25) is 5.91 Å². The molecular weight excluding hydrogens is 128 g/mol. The van der Waals surface area contributed by atoms with E-state index < -0.39 is 0 Å². The first-order chi connectivity index (χ1) is 4.54. The van der Waals surface area contributed by atoms with Crippen molar-refractivity contribution in [3.8, 4) is 0 Å². The summed E-state index contributed by atoms with van der Waals surface area (Å²) >= 11 is 0. The largest absolute Gasteiger partial charge is 0.333 e. The molecule has 0 aromatic rings. The van der Waals surface area contributed by atoms with E-state index in [0.717, 1.165) is 5.57 Å². The molecule has 3 heteroatoms. The van der Waals surface area contributed by atoms with E-state index in [1.54, 1.807) is 6.20 Å². The molecule has 0 radical (unpaired) electrons. The van der Waals surface area contributed by atoms with E-state index in [4.69, 9.17) is 5.73 Å². The SMILES string of the molecule is CC(=O)N/C=C(/C)C(C)N. The zero-order valence-corrected chi connectivity index (χ0v) is 6.64. The van der Waals surface area contributed by atoms with E-state index in [1.807, 2.05) is 13.8 Å². The summed E-state index contributed by atoms with van der Waals surface area (Å²) in [6, 6.07) is 0.00634. The third-order valence-electron chi connectivity index (χ3n) is 1.22. The van der Waals surface area contributed by atoms with Crippen LogP contribution in [0.4, 0.5) is 0 Å². The fraction of sp³-hybridized carbons (Fsp3) is 0.571. The van der Waals surface area contributed by atoms with Crippen LogP contribution >= 0.6 is 0 Å². The van der Waals surface area contributed by atoms with Crippen LogP contribution in [0.5, 0.6) is 0 Å². The highest BCUT2D eigenvalue weighted by Crippen LogP contribution is 1.93. The Hall–Kier alpha value is -0.830. The molecule has 3 N–H and O–H groups in total. The van der Waals surface area contributed by atoms with Gasteiger partial charge in [0.25, 0.3) is 0 Å². The molecule has 10 heavy (non-hydrogen) atoms. The Morgan fingerprint density at radius 3 is 2.40 bits per heavy atom. The van der Waals surface area contributed by atoms with Gasteiger partial charge in [0.15, 0.2) is 0 Å². The van der Waals surface area contributed by atoms with Gasteiger partial charge in [-0.05, 0) is 19.4 Å². The molecule has 0 aromatic heterocycles. The maximum Gasteiger partial charge on any atom is 0.220 e. The maximum absolute atomic E-state index is 10.4. The molecule has 3 nitrogen and oxygen atoms in total. The van der Waals surface area contributed by atoms with Gasteiger partial charge in [-0.2, -0.15) is 0 Å². The van der Waals surface area contributed by atoms with E-state index in [9.17, 15) is 4.79 Å². The topological polar surface area (TPSA) is 55.1 Å². The molecule has 0 aliphatic rings. The minimum Gasteiger partial charge on any atom is -0.333 e. The molecule has 58 valence electrons. The van der Waals surface area contributed by atoms with Crippen molar-refractivity contribution >= 4 is 5.91 Å². The minimum absolute atomic E-state index is 0.00634. The van der Waals surface area contributed by atoms with Gasteiger partial charge in [0, 0.05) is 19.2 Å². The Labute approximate surface area is 61.3 Å². The number of nitrogens with one attached hydrogen (secondary N) is 1. The van der Waals surface area contributed by atoms with Gasteiger partial charge in [0.1, 0.15) is 0 Å². The Bertz CT molecular complexity index is 150. The van der Waals surface area contributed by atoms with Crippen LogP contribution in [0.15, 0.2) is 11.8 Å².